The molecule has 5 rings (SSSR count). The van der Waals surface area contributed by atoms with Crippen LogP contribution in [0.5, 0.6) is 0 Å². The Morgan fingerprint density at radius 2 is 1.70 bits per heavy atom. The van der Waals surface area contributed by atoms with E-state index in [0.717, 1.165) is 27.8 Å². The molecular formula is C26H24ClN5S. The quantitative estimate of drug-likeness (QED) is 0.376. The topological polar surface area (TPSA) is 46.0 Å². The molecular weight excluding hydrogens is 450 g/mol. The maximum atomic E-state index is 6.14. The van der Waals surface area contributed by atoms with E-state index in [1.807, 2.05) is 67.0 Å². The van der Waals surface area contributed by atoms with Crippen LogP contribution in [0.3, 0.4) is 0 Å². The largest absolute Gasteiger partial charge is 0.352 e. The zero-order valence-corrected chi connectivity index (χ0v) is 20.0. The molecule has 1 aromatic carbocycles. The number of nitrogens with one attached hydrogen (secondary N) is 1. The van der Waals surface area contributed by atoms with Crippen LogP contribution in [0.2, 0.25) is 5.02 Å². The van der Waals surface area contributed by atoms with Gasteiger partial charge in [-0.25, -0.2) is 0 Å². The zero-order chi connectivity index (χ0) is 22.9. The molecule has 0 saturated carbocycles. The molecule has 1 N–H and O–H groups in total. The van der Waals surface area contributed by atoms with E-state index in [2.05, 4.69) is 50.7 Å². The van der Waals surface area contributed by atoms with Gasteiger partial charge in [0.15, 0.2) is 5.11 Å². The molecule has 1 aliphatic rings. The number of aryl methyl sites for hydroxylation is 1. The molecule has 1 aliphatic heterocycles. The molecule has 7 heteroatoms. The fraction of sp³-hybridized carbons (Fsp3) is 0.192. The Bertz CT molecular complexity index is 1270. The lowest BCUT2D eigenvalue weighted by Gasteiger charge is -2.28. The van der Waals surface area contributed by atoms with Gasteiger partial charge in [-0.15, -0.1) is 0 Å². The van der Waals surface area contributed by atoms with Gasteiger partial charge in [-0.2, -0.15) is 0 Å². The summed E-state index contributed by atoms with van der Waals surface area (Å²) in [6.45, 7) is 4.91. The van der Waals surface area contributed by atoms with Crippen LogP contribution in [0.15, 0.2) is 79.1 Å². The lowest BCUT2D eigenvalue weighted by molar-refractivity contribution is 0.307. The molecule has 0 spiro atoms. The first-order valence-corrected chi connectivity index (χ1v) is 11.6. The smallest absolute Gasteiger partial charge is 0.170 e. The summed E-state index contributed by atoms with van der Waals surface area (Å²) in [5.41, 5.74) is 6.55. The van der Waals surface area contributed by atoms with Crippen LogP contribution in [0.25, 0.3) is 5.69 Å². The van der Waals surface area contributed by atoms with E-state index in [-0.39, 0.29) is 12.1 Å². The molecule has 0 radical (unpaired) electrons. The summed E-state index contributed by atoms with van der Waals surface area (Å²) in [6.07, 6.45) is 3.65. The summed E-state index contributed by atoms with van der Waals surface area (Å²) < 4.78 is 2.27. The summed E-state index contributed by atoms with van der Waals surface area (Å²) in [7, 11) is 0. The zero-order valence-electron chi connectivity index (χ0n) is 18.4. The van der Waals surface area contributed by atoms with Gasteiger partial charge >= 0.3 is 0 Å². The predicted octanol–water partition coefficient (Wildman–Crippen LogP) is 5.71. The second-order valence-electron chi connectivity index (χ2n) is 8.21. The van der Waals surface area contributed by atoms with Gasteiger partial charge in [-0.1, -0.05) is 23.7 Å². The molecule has 3 aromatic heterocycles. The predicted molar refractivity (Wildman–Crippen MR) is 135 cm³/mol. The number of aromatic nitrogens is 3. The molecule has 166 valence electrons. The van der Waals surface area contributed by atoms with Crippen LogP contribution in [0, 0.1) is 13.8 Å². The summed E-state index contributed by atoms with van der Waals surface area (Å²) in [6, 6.07) is 22.1. The van der Waals surface area contributed by atoms with Gasteiger partial charge in [0.25, 0.3) is 0 Å². The number of rotatable bonds is 5. The van der Waals surface area contributed by atoms with Crippen molar-refractivity contribution in [2.75, 3.05) is 0 Å². The molecule has 0 amide bonds. The summed E-state index contributed by atoms with van der Waals surface area (Å²) in [5.74, 6) is 0. The van der Waals surface area contributed by atoms with Crippen molar-refractivity contribution in [1.82, 2.24) is 24.8 Å². The molecule has 0 bridgehead atoms. The van der Waals surface area contributed by atoms with Crippen molar-refractivity contribution in [3.8, 4) is 5.69 Å². The second kappa shape index (κ2) is 8.96. The van der Waals surface area contributed by atoms with E-state index in [1.54, 1.807) is 0 Å². The fourth-order valence-corrected chi connectivity index (χ4v) is 5.09. The highest BCUT2D eigenvalue weighted by Gasteiger charge is 2.41. The second-order valence-corrected chi connectivity index (χ2v) is 9.04. The molecule has 4 aromatic rings. The third-order valence-electron chi connectivity index (χ3n) is 6.13. The van der Waals surface area contributed by atoms with Crippen molar-refractivity contribution in [3.05, 3.63) is 112 Å². The van der Waals surface area contributed by atoms with Crippen molar-refractivity contribution in [3.63, 3.8) is 0 Å². The Balaban J connectivity index is 1.61. The SMILES string of the molecule is Cc1cc([C@H]2[C@@H](c3ccccn3)NC(=S)N2Cc2ccccn2)c(C)n1-c1ccc(Cl)cc1. The Hall–Kier alpha value is -3.22. The number of pyridine rings is 2. The van der Waals surface area contributed by atoms with E-state index in [4.69, 9.17) is 23.8 Å². The summed E-state index contributed by atoms with van der Waals surface area (Å²) in [4.78, 5) is 11.4. The van der Waals surface area contributed by atoms with E-state index in [9.17, 15) is 0 Å². The maximum Gasteiger partial charge on any atom is 0.170 e. The number of hydrogen-bond donors (Lipinski definition) is 1. The lowest BCUT2D eigenvalue weighted by atomic mass is 9.96. The van der Waals surface area contributed by atoms with Gasteiger partial charge in [0.2, 0.25) is 0 Å². The minimum atomic E-state index is -0.0680. The normalized spacial score (nSPS) is 17.9. The highest BCUT2D eigenvalue weighted by Crippen LogP contribution is 2.42. The van der Waals surface area contributed by atoms with Crippen LogP contribution in [-0.2, 0) is 6.54 Å². The first-order valence-electron chi connectivity index (χ1n) is 10.9. The minimum absolute atomic E-state index is 0.0262. The fourth-order valence-electron chi connectivity index (χ4n) is 4.66. The molecule has 1 fully saturated rings. The van der Waals surface area contributed by atoms with Crippen molar-refractivity contribution in [1.29, 1.82) is 0 Å². The lowest BCUT2D eigenvalue weighted by Crippen LogP contribution is -2.29. The first-order chi connectivity index (χ1) is 16.0. The van der Waals surface area contributed by atoms with Gasteiger partial charge in [-0.3, -0.25) is 9.97 Å². The van der Waals surface area contributed by atoms with E-state index in [1.165, 1.54) is 11.3 Å². The molecule has 4 heterocycles. The number of thiocarbonyl (C=S) groups is 1. The monoisotopic (exact) mass is 473 g/mol. The van der Waals surface area contributed by atoms with Crippen molar-refractivity contribution in [2.45, 2.75) is 32.5 Å². The van der Waals surface area contributed by atoms with Crippen molar-refractivity contribution >= 4 is 28.9 Å². The Morgan fingerprint density at radius 3 is 2.36 bits per heavy atom. The highest BCUT2D eigenvalue weighted by atomic mass is 35.5. The van der Waals surface area contributed by atoms with Crippen LogP contribution in [0.1, 0.15) is 40.4 Å². The van der Waals surface area contributed by atoms with Gasteiger partial charge in [0, 0.05) is 34.5 Å². The van der Waals surface area contributed by atoms with Gasteiger partial charge in [0.1, 0.15) is 0 Å². The Labute approximate surface area is 204 Å². The number of nitrogens with zero attached hydrogens (tertiary/aromatic N) is 4. The van der Waals surface area contributed by atoms with E-state index >= 15 is 0 Å². The third kappa shape index (κ3) is 4.12. The highest BCUT2D eigenvalue weighted by molar-refractivity contribution is 7.80. The first kappa shape index (κ1) is 21.6. The van der Waals surface area contributed by atoms with Crippen LogP contribution in [-0.4, -0.2) is 24.5 Å². The average Bonchev–Trinajstić information content (AvgIpc) is 3.31. The maximum absolute atomic E-state index is 6.14. The summed E-state index contributed by atoms with van der Waals surface area (Å²) >= 11 is 12.0. The molecule has 1 saturated heterocycles. The van der Waals surface area contributed by atoms with E-state index in [0.29, 0.717) is 11.7 Å². The number of hydrogen-bond acceptors (Lipinski definition) is 3. The van der Waals surface area contributed by atoms with Crippen LogP contribution in [0.4, 0.5) is 0 Å². The van der Waals surface area contributed by atoms with Crippen LogP contribution >= 0.6 is 23.8 Å². The van der Waals surface area contributed by atoms with E-state index < -0.39 is 0 Å². The number of benzene rings is 1. The van der Waals surface area contributed by atoms with Gasteiger partial charge < -0.3 is 14.8 Å². The van der Waals surface area contributed by atoms with Crippen LogP contribution < -0.4 is 5.32 Å². The summed E-state index contributed by atoms with van der Waals surface area (Å²) in [5, 5.41) is 4.96. The third-order valence-corrected chi connectivity index (χ3v) is 6.73. The molecule has 0 unspecified atom stereocenters. The molecule has 33 heavy (non-hydrogen) atoms. The standard InChI is InChI=1S/C26H24ClN5S/c1-17-15-22(18(2)32(17)21-11-9-19(27)10-12-21)25-24(23-8-4-6-14-29-23)30-26(33)31(25)16-20-7-3-5-13-28-20/h3-15,24-25H,16H2,1-2H3,(H,30,33)/t24-,25+/m1/s1. The minimum Gasteiger partial charge on any atom is -0.352 e. The Morgan fingerprint density at radius 1 is 0.970 bits per heavy atom. The molecule has 2 atom stereocenters. The average molecular weight is 474 g/mol. The van der Waals surface area contributed by atoms with Crippen molar-refractivity contribution in [2.24, 2.45) is 0 Å². The molecule has 5 nitrogen and oxygen atoms in total. The Kier molecular flexibility index (Phi) is 5.87. The number of halogens is 1. The van der Waals surface area contributed by atoms with Gasteiger partial charge in [-0.05, 0) is 86.2 Å². The van der Waals surface area contributed by atoms with Gasteiger partial charge in [0.05, 0.1) is 30.0 Å². The van der Waals surface area contributed by atoms with Crippen molar-refractivity contribution < 1.29 is 0 Å². The molecule has 0 aliphatic carbocycles.